The van der Waals surface area contributed by atoms with Crippen LogP contribution in [0.25, 0.3) is 0 Å². The Bertz CT molecular complexity index is 735. The second-order valence-corrected chi connectivity index (χ2v) is 5.27. The number of nitrogens with zero attached hydrogens (tertiary/aromatic N) is 2. The maximum Gasteiger partial charge on any atom is 0.303 e. The second-order valence-electron chi connectivity index (χ2n) is 5.27. The molecule has 0 fully saturated rings. The molecule has 0 amide bonds. The maximum absolute atomic E-state index is 10.5. The van der Waals surface area contributed by atoms with Gasteiger partial charge in [0.2, 0.25) is 0 Å². The first-order valence-electron chi connectivity index (χ1n) is 7.46. The molecule has 124 valence electrons. The van der Waals surface area contributed by atoms with E-state index in [4.69, 9.17) is 10.8 Å². The van der Waals surface area contributed by atoms with E-state index >= 15 is 0 Å². The van der Waals surface area contributed by atoms with Crippen molar-refractivity contribution in [1.82, 2.24) is 0 Å². The molecule has 0 radical (unpaired) electrons. The number of benzene rings is 2. The molecule has 6 heteroatoms. The summed E-state index contributed by atoms with van der Waals surface area (Å²) in [7, 11) is 0. The number of carboxylic acids is 1. The molecule has 2 rings (SSSR count). The van der Waals surface area contributed by atoms with Gasteiger partial charge in [0.15, 0.2) is 0 Å². The molecular weight excluding hydrogens is 306 g/mol. The van der Waals surface area contributed by atoms with Crippen molar-refractivity contribution in [2.75, 3.05) is 0 Å². The van der Waals surface area contributed by atoms with Crippen molar-refractivity contribution in [2.24, 2.45) is 15.7 Å². The maximum atomic E-state index is 10.5. The number of carbonyl (C=O) groups is 1. The van der Waals surface area contributed by atoms with Gasteiger partial charge in [-0.25, -0.2) is 9.98 Å². The fourth-order valence-corrected chi connectivity index (χ4v) is 2.04. The summed E-state index contributed by atoms with van der Waals surface area (Å²) in [6, 6.07) is 14.1. The van der Waals surface area contributed by atoms with Gasteiger partial charge in [0.05, 0.1) is 5.69 Å². The molecule has 0 aromatic heterocycles. The minimum absolute atomic E-state index is 0.112. The molecule has 2 aromatic rings. The Morgan fingerprint density at radius 3 is 2.29 bits per heavy atom. The minimum atomic E-state index is -0.810. The summed E-state index contributed by atoms with van der Waals surface area (Å²) in [5.41, 5.74) is 8.46. The van der Waals surface area contributed by atoms with Crippen LogP contribution in [0.3, 0.4) is 0 Å². The lowest BCUT2D eigenvalue weighted by Gasteiger charge is -2.00. The fourth-order valence-electron chi connectivity index (χ4n) is 2.04. The Morgan fingerprint density at radius 1 is 1.04 bits per heavy atom. The summed E-state index contributed by atoms with van der Waals surface area (Å²) < 4.78 is 0. The largest absolute Gasteiger partial charge is 0.508 e. The van der Waals surface area contributed by atoms with E-state index in [1.807, 2.05) is 12.1 Å². The molecule has 0 atom stereocenters. The van der Waals surface area contributed by atoms with Crippen molar-refractivity contribution in [3.05, 3.63) is 59.7 Å². The SMILES string of the molecule is NC(Cc1ccc(O)cc1)=NC=Nc1ccc(CCC(=O)O)cc1. The summed E-state index contributed by atoms with van der Waals surface area (Å²) in [5.74, 6) is -0.180. The van der Waals surface area contributed by atoms with E-state index in [0.717, 1.165) is 16.8 Å². The highest BCUT2D eigenvalue weighted by atomic mass is 16.4. The molecule has 0 heterocycles. The third-order valence-corrected chi connectivity index (χ3v) is 3.32. The Morgan fingerprint density at radius 2 is 1.67 bits per heavy atom. The van der Waals surface area contributed by atoms with Crippen molar-refractivity contribution < 1.29 is 15.0 Å². The Balaban J connectivity index is 1.89. The van der Waals surface area contributed by atoms with E-state index in [1.165, 1.54) is 6.34 Å². The standard InChI is InChI=1S/C18H19N3O3/c19-17(11-14-3-8-16(22)9-4-14)21-12-20-15-6-1-13(2-7-15)5-10-18(23)24/h1-4,6-9,12,22H,5,10-11H2,(H,23,24)(H2,19,20,21). The number of nitrogens with two attached hydrogens (primary N) is 1. The van der Waals surface area contributed by atoms with E-state index in [-0.39, 0.29) is 12.2 Å². The van der Waals surface area contributed by atoms with Gasteiger partial charge >= 0.3 is 5.97 Å². The molecule has 0 saturated heterocycles. The van der Waals surface area contributed by atoms with Crippen molar-refractivity contribution in [1.29, 1.82) is 0 Å². The van der Waals surface area contributed by atoms with Gasteiger partial charge in [-0.15, -0.1) is 0 Å². The molecule has 4 N–H and O–H groups in total. The van der Waals surface area contributed by atoms with Crippen LogP contribution in [0, 0.1) is 0 Å². The smallest absolute Gasteiger partial charge is 0.303 e. The highest BCUT2D eigenvalue weighted by Gasteiger charge is 1.99. The number of rotatable bonds is 7. The van der Waals surface area contributed by atoms with Crippen LogP contribution < -0.4 is 5.73 Å². The summed E-state index contributed by atoms with van der Waals surface area (Å²) >= 11 is 0. The van der Waals surface area contributed by atoms with Gasteiger partial charge in [-0.2, -0.15) is 0 Å². The number of carboxylic acid groups (broad SMARTS) is 1. The molecule has 0 bridgehead atoms. The van der Waals surface area contributed by atoms with E-state index in [0.29, 0.717) is 18.7 Å². The van der Waals surface area contributed by atoms with E-state index in [9.17, 15) is 9.90 Å². The molecule has 0 unspecified atom stereocenters. The summed E-state index contributed by atoms with van der Waals surface area (Å²) in [6.07, 6.45) is 2.47. The molecule has 24 heavy (non-hydrogen) atoms. The third kappa shape index (κ3) is 5.92. The predicted octanol–water partition coefficient (Wildman–Crippen LogP) is 2.67. The van der Waals surface area contributed by atoms with Crippen LogP contribution in [-0.2, 0) is 17.6 Å². The summed E-state index contributed by atoms with van der Waals surface area (Å²) in [5, 5.41) is 17.9. The lowest BCUT2D eigenvalue weighted by molar-refractivity contribution is -0.136. The Labute approximate surface area is 140 Å². The average molecular weight is 325 g/mol. The van der Waals surface area contributed by atoms with Crippen molar-refractivity contribution >= 4 is 23.8 Å². The summed E-state index contributed by atoms with van der Waals surface area (Å²) in [4.78, 5) is 18.8. The number of amidine groups is 1. The average Bonchev–Trinajstić information content (AvgIpc) is 2.56. The molecule has 0 spiro atoms. The van der Waals surface area contributed by atoms with Crippen LogP contribution in [0.15, 0.2) is 58.5 Å². The number of hydrogen-bond acceptors (Lipinski definition) is 3. The number of aromatic hydroxyl groups is 1. The summed E-state index contributed by atoms with van der Waals surface area (Å²) in [6.45, 7) is 0. The zero-order valence-corrected chi connectivity index (χ0v) is 13.1. The number of aliphatic carboxylic acids is 1. The topological polar surface area (TPSA) is 108 Å². The number of phenolic OH excluding ortho intramolecular Hbond substituents is 1. The van der Waals surface area contributed by atoms with Gasteiger partial charge in [-0.1, -0.05) is 24.3 Å². The lowest BCUT2D eigenvalue weighted by Crippen LogP contribution is -2.14. The zero-order valence-electron chi connectivity index (χ0n) is 13.1. The number of hydrogen-bond donors (Lipinski definition) is 3. The van der Waals surface area contributed by atoms with Crippen molar-refractivity contribution in [3.63, 3.8) is 0 Å². The molecular formula is C18H19N3O3. The molecule has 0 saturated carbocycles. The highest BCUT2D eigenvalue weighted by Crippen LogP contribution is 2.14. The fraction of sp³-hybridized carbons (Fsp3) is 0.167. The number of aliphatic imine (C=N–C) groups is 2. The van der Waals surface area contributed by atoms with Crippen LogP contribution >= 0.6 is 0 Å². The highest BCUT2D eigenvalue weighted by molar-refractivity contribution is 5.89. The Hall–Kier alpha value is -3.15. The van der Waals surface area contributed by atoms with Gasteiger partial charge in [0.1, 0.15) is 17.9 Å². The molecule has 6 nitrogen and oxygen atoms in total. The normalized spacial score (nSPS) is 11.8. The van der Waals surface area contributed by atoms with Crippen molar-refractivity contribution in [2.45, 2.75) is 19.3 Å². The second kappa shape index (κ2) is 8.47. The first-order chi connectivity index (χ1) is 11.5. The van der Waals surface area contributed by atoms with Gasteiger partial charge in [-0.3, -0.25) is 4.79 Å². The van der Waals surface area contributed by atoms with E-state index in [2.05, 4.69) is 9.98 Å². The molecule has 2 aromatic carbocycles. The monoisotopic (exact) mass is 325 g/mol. The predicted molar refractivity (Wildman–Crippen MR) is 94.0 cm³/mol. The minimum Gasteiger partial charge on any atom is -0.508 e. The van der Waals surface area contributed by atoms with E-state index in [1.54, 1.807) is 36.4 Å². The van der Waals surface area contributed by atoms with Gasteiger partial charge in [0.25, 0.3) is 0 Å². The van der Waals surface area contributed by atoms with Crippen LogP contribution in [0.5, 0.6) is 5.75 Å². The van der Waals surface area contributed by atoms with Crippen LogP contribution in [0.1, 0.15) is 17.5 Å². The first kappa shape index (κ1) is 17.2. The van der Waals surface area contributed by atoms with Gasteiger partial charge in [-0.05, 0) is 41.8 Å². The van der Waals surface area contributed by atoms with Crippen molar-refractivity contribution in [3.8, 4) is 5.75 Å². The Kier molecular flexibility index (Phi) is 6.08. The number of aryl methyl sites for hydroxylation is 1. The lowest BCUT2D eigenvalue weighted by atomic mass is 10.1. The quantitative estimate of drug-likeness (QED) is 0.537. The van der Waals surface area contributed by atoms with Gasteiger partial charge < -0.3 is 15.9 Å². The molecule has 0 aliphatic rings. The number of phenols is 1. The molecule has 0 aliphatic heterocycles. The van der Waals surface area contributed by atoms with Gasteiger partial charge in [0, 0.05) is 12.8 Å². The van der Waals surface area contributed by atoms with Crippen LogP contribution in [0.4, 0.5) is 5.69 Å². The van der Waals surface area contributed by atoms with Crippen LogP contribution in [-0.4, -0.2) is 28.4 Å². The molecule has 0 aliphatic carbocycles. The first-order valence-corrected chi connectivity index (χ1v) is 7.46. The van der Waals surface area contributed by atoms with Crippen LogP contribution in [0.2, 0.25) is 0 Å². The third-order valence-electron chi connectivity index (χ3n) is 3.32. The zero-order chi connectivity index (χ0) is 17.4. The van der Waals surface area contributed by atoms with E-state index < -0.39 is 5.97 Å².